The van der Waals surface area contributed by atoms with Crippen molar-refractivity contribution in [3.05, 3.63) is 194 Å². The van der Waals surface area contributed by atoms with E-state index in [1.54, 1.807) is 4.80 Å². The van der Waals surface area contributed by atoms with E-state index in [-0.39, 0.29) is 0 Å². The SMILES string of the molecule is c1ccc(-c2cccc(-c3cccc(-c4nc(-c5ccc6c(ccc7ccc8nn(-c9ccccc9)nc8c76)c5)nc(-c5ccc6c(c5)oc5ccccc56)n4)c3)c2)cc1. The van der Waals surface area contributed by atoms with E-state index < -0.39 is 0 Å². The number of aromatic nitrogens is 6. The molecule has 7 heteroatoms. The van der Waals surface area contributed by atoms with Gasteiger partial charge < -0.3 is 4.42 Å². The van der Waals surface area contributed by atoms with Crippen LogP contribution in [0.3, 0.4) is 0 Å². The van der Waals surface area contributed by atoms with Crippen molar-refractivity contribution in [1.82, 2.24) is 29.9 Å². The van der Waals surface area contributed by atoms with Crippen molar-refractivity contribution in [2.75, 3.05) is 0 Å². The number of benzene rings is 9. The van der Waals surface area contributed by atoms with Gasteiger partial charge in [0.25, 0.3) is 0 Å². The molecule has 0 spiro atoms. The predicted molar refractivity (Wildman–Crippen MR) is 242 cm³/mol. The summed E-state index contributed by atoms with van der Waals surface area (Å²) in [5.74, 6) is 1.72. The summed E-state index contributed by atoms with van der Waals surface area (Å²) in [4.78, 5) is 17.2. The lowest BCUT2D eigenvalue weighted by Crippen LogP contribution is -2.00. The fraction of sp³-hybridized carbons (Fsp3) is 0. The molecule has 0 unspecified atom stereocenters. The van der Waals surface area contributed by atoms with E-state index in [4.69, 9.17) is 29.6 Å². The normalized spacial score (nSPS) is 11.7. The first-order chi connectivity index (χ1) is 29.7. The Morgan fingerprint density at radius 3 is 1.67 bits per heavy atom. The highest BCUT2D eigenvalue weighted by Gasteiger charge is 2.17. The van der Waals surface area contributed by atoms with Crippen molar-refractivity contribution in [2.24, 2.45) is 0 Å². The van der Waals surface area contributed by atoms with Gasteiger partial charge in [0.15, 0.2) is 17.5 Å². The summed E-state index contributed by atoms with van der Waals surface area (Å²) in [5.41, 5.74) is 11.4. The average Bonchev–Trinajstić information content (AvgIpc) is 3.94. The Labute approximate surface area is 343 Å². The summed E-state index contributed by atoms with van der Waals surface area (Å²) >= 11 is 0. The van der Waals surface area contributed by atoms with Crippen LogP contribution in [-0.4, -0.2) is 29.9 Å². The zero-order valence-corrected chi connectivity index (χ0v) is 32.1. The van der Waals surface area contributed by atoms with E-state index in [1.165, 1.54) is 5.56 Å². The van der Waals surface area contributed by atoms with E-state index in [2.05, 4.69) is 127 Å². The van der Waals surface area contributed by atoms with E-state index in [0.29, 0.717) is 17.5 Å². The summed E-state index contributed by atoms with van der Waals surface area (Å²) in [7, 11) is 0. The van der Waals surface area contributed by atoms with Gasteiger partial charge in [-0.2, -0.15) is 4.80 Å². The molecule has 0 fully saturated rings. The molecule has 0 aliphatic heterocycles. The van der Waals surface area contributed by atoms with Crippen molar-refractivity contribution < 1.29 is 4.42 Å². The van der Waals surface area contributed by atoms with Crippen molar-refractivity contribution in [2.45, 2.75) is 0 Å². The third kappa shape index (κ3) is 5.79. The largest absolute Gasteiger partial charge is 0.456 e. The van der Waals surface area contributed by atoms with Crippen LogP contribution in [0.4, 0.5) is 0 Å². The molecule has 0 bridgehead atoms. The second kappa shape index (κ2) is 13.7. The standard InChI is InChI=1S/C53H32N6O/c1-3-11-33(12-4-1)35-13-9-14-36(29-35)37-15-10-16-39(30-37)51-54-52(56-53(55-51)41-24-27-45-44-19-7-8-20-47(44)60-48(45)32-41)40-23-26-43-38(31-40)22-21-34-25-28-46-50(49(34)43)58-59(57-46)42-17-5-2-6-18-42/h1-32H. The van der Waals surface area contributed by atoms with Crippen LogP contribution in [-0.2, 0) is 0 Å². The molecule has 0 saturated carbocycles. The van der Waals surface area contributed by atoms with Gasteiger partial charge in [0.1, 0.15) is 22.2 Å². The van der Waals surface area contributed by atoms with Gasteiger partial charge in [-0.1, -0.05) is 140 Å². The number of fused-ring (bicyclic) bond motifs is 8. The van der Waals surface area contributed by atoms with Crippen LogP contribution in [0.5, 0.6) is 0 Å². The molecule has 0 N–H and O–H groups in total. The first-order valence-electron chi connectivity index (χ1n) is 19.9. The molecule has 0 aliphatic rings. The lowest BCUT2D eigenvalue weighted by molar-refractivity contribution is 0.669. The minimum atomic E-state index is 0.562. The van der Waals surface area contributed by atoms with Gasteiger partial charge in [0.2, 0.25) is 0 Å². The van der Waals surface area contributed by atoms with Crippen molar-refractivity contribution >= 4 is 54.5 Å². The Bertz CT molecular complexity index is 3610. The monoisotopic (exact) mass is 768 g/mol. The molecule has 0 amide bonds. The molecule has 0 saturated heterocycles. The first kappa shape index (κ1) is 33.8. The maximum Gasteiger partial charge on any atom is 0.164 e. The molecule has 12 aromatic rings. The summed E-state index contributed by atoms with van der Waals surface area (Å²) in [6.45, 7) is 0. The summed E-state index contributed by atoms with van der Waals surface area (Å²) in [5, 5.41) is 16.2. The third-order valence-electron chi connectivity index (χ3n) is 11.3. The van der Waals surface area contributed by atoms with Gasteiger partial charge in [-0.3, -0.25) is 0 Å². The van der Waals surface area contributed by atoms with Crippen LogP contribution in [0, 0.1) is 0 Å². The van der Waals surface area contributed by atoms with E-state index in [9.17, 15) is 0 Å². The Kier molecular flexibility index (Phi) is 7.71. The number of furan rings is 1. The number of hydrogen-bond acceptors (Lipinski definition) is 6. The molecule has 0 radical (unpaired) electrons. The number of hydrogen-bond donors (Lipinski definition) is 0. The molecule has 3 heterocycles. The third-order valence-corrected chi connectivity index (χ3v) is 11.3. The smallest absolute Gasteiger partial charge is 0.164 e. The zero-order chi connectivity index (χ0) is 39.6. The first-order valence-corrected chi connectivity index (χ1v) is 19.9. The highest BCUT2D eigenvalue weighted by Crippen LogP contribution is 2.36. The Morgan fingerprint density at radius 1 is 0.350 bits per heavy atom. The molecular weight excluding hydrogens is 737 g/mol. The van der Waals surface area contributed by atoms with Gasteiger partial charge >= 0.3 is 0 Å². The molecule has 0 aliphatic carbocycles. The van der Waals surface area contributed by atoms with Gasteiger partial charge in [0, 0.05) is 32.8 Å². The minimum absolute atomic E-state index is 0.562. The van der Waals surface area contributed by atoms with Gasteiger partial charge in [-0.15, -0.1) is 10.2 Å². The molecule has 3 aromatic heterocycles. The highest BCUT2D eigenvalue weighted by atomic mass is 16.3. The molecule has 0 atom stereocenters. The average molecular weight is 769 g/mol. The summed E-state index contributed by atoms with van der Waals surface area (Å²) in [6, 6.07) is 66.7. The van der Waals surface area contributed by atoms with Crippen LogP contribution in [0.2, 0.25) is 0 Å². The quantitative estimate of drug-likeness (QED) is 0.157. The molecule has 280 valence electrons. The van der Waals surface area contributed by atoms with Gasteiger partial charge in [-0.25, -0.2) is 15.0 Å². The predicted octanol–water partition coefficient (Wildman–Crippen LogP) is 13.1. The minimum Gasteiger partial charge on any atom is -0.456 e. The lowest BCUT2D eigenvalue weighted by Gasteiger charge is -2.11. The number of para-hydroxylation sites is 2. The maximum atomic E-state index is 6.31. The van der Waals surface area contributed by atoms with Gasteiger partial charge in [-0.05, 0) is 93.0 Å². The van der Waals surface area contributed by atoms with Gasteiger partial charge in [0.05, 0.1) is 5.69 Å². The molecule has 9 aromatic carbocycles. The fourth-order valence-corrected chi connectivity index (χ4v) is 8.32. The second-order valence-electron chi connectivity index (χ2n) is 15.0. The van der Waals surface area contributed by atoms with Crippen molar-refractivity contribution in [3.8, 4) is 62.1 Å². The fourth-order valence-electron chi connectivity index (χ4n) is 8.32. The van der Waals surface area contributed by atoms with Crippen LogP contribution in [0.15, 0.2) is 199 Å². The second-order valence-corrected chi connectivity index (χ2v) is 15.0. The molecule has 7 nitrogen and oxygen atoms in total. The summed E-state index contributed by atoms with van der Waals surface area (Å²) in [6.07, 6.45) is 0. The lowest BCUT2D eigenvalue weighted by atomic mass is 9.98. The van der Waals surface area contributed by atoms with Crippen molar-refractivity contribution in [1.29, 1.82) is 0 Å². The van der Waals surface area contributed by atoms with E-state index in [0.717, 1.165) is 93.6 Å². The highest BCUT2D eigenvalue weighted by molar-refractivity contribution is 6.18. The Balaban J connectivity index is 1.01. The molecule has 12 rings (SSSR count). The Morgan fingerprint density at radius 2 is 0.900 bits per heavy atom. The van der Waals surface area contributed by atoms with Crippen LogP contribution in [0.1, 0.15) is 0 Å². The van der Waals surface area contributed by atoms with E-state index in [1.807, 2.05) is 66.7 Å². The molecule has 60 heavy (non-hydrogen) atoms. The van der Waals surface area contributed by atoms with Crippen LogP contribution < -0.4 is 0 Å². The summed E-state index contributed by atoms with van der Waals surface area (Å²) < 4.78 is 6.31. The topological polar surface area (TPSA) is 82.5 Å². The maximum absolute atomic E-state index is 6.31. The number of nitrogens with zero attached hydrogens (tertiary/aromatic N) is 6. The number of rotatable bonds is 6. The Hall–Kier alpha value is -8.29. The molecular formula is C53H32N6O. The van der Waals surface area contributed by atoms with Crippen molar-refractivity contribution in [3.63, 3.8) is 0 Å². The van der Waals surface area contributed by atoms with Crippen LogP contribution in [0.25, 0.3) is 117 Å². The van der Waals surface area contributed by atoms with E-state index >= 15 is 0 Å². The zero-order valence-electron chi connectivity index (χ0n) is 32.1. The van der Waals surface area contributed by atoms with Crippen LogP contribution >= 0.6 is 0 Å².